The molecule has 0 atom stereocenters. The second kappa shape index (κ2) is 3.96. The Morgan fingerprint density at radius 1 is 1.50 bits per heavy atom. The van der Waals surface area contributed by atoms with Crippen molar-refractivity contribution in [1.82, 2.24) is 5.16 Å². The first-order valence-electron chi connectivity index (χ1n) is 5.68. The summed E-state index contributed by atoms with van der Waals surface area (Å²) in [6.07, 6.45) is 0.383. The van der Waals surface area contributed by atoms with E-state index < -0.39 is 0 Å². The van der Waals surface area contributed by atoms with Crippen LogP contribution in [0.15, 0.2) is 22.7 Å². The molecular formula is C13H12N2O3. The molecule has 18 heavy (non-hydrogen) atoms. The van der Waals surface area contributed by atoms with Gasteiger partial charge in [0.15, 0.2) is 0 Å². The molecule has 0 spiro atoms. The van der Waals surface area contributed by atoms with Gasteiger partial charge >= 0.3 is 0 Å². The number of aromatic nitrogens is 1. The molecule has 0 bridgehead atoms. The van der Waals surface area contributed by atoms with Crippen LogP contribution in [0, 0.1) is 6.92 Å². The number of aliphatic hydroxyl groups is 1. The van der Waals surface area contributed by atoms with E-state index in [2.05, 4.69) is 10.5 Å². The van der Waals surface area contributed by atoms with E-state index in [1.807, 2.05) is 18.2 Å². The number of anilines is 1. The quantitative estimate of drug-likeness (QED) is 0.842. The van der Waals surface area contributed by atoms with Crippen molar-refractivity contribution >= 4 is 11.6 Å². The van der Waals surface area contributed by atoms with E-state index in [0.29, 0.717) is 23.4 Å². The summed E-state index contributed by atoms with van der Waals surface area (Å²) in [6, 6.07) is 5.62. The van der Waals surface area contributed by atoms with Gasteiger partial charge in [0, 0.05) is 16.8 Å². The number of benzene rings is 1. The second-order valence-electron chi connectivity index (χ2n) is 4.32. The third-order valence-electron chi connectivity index (χ3n) is 3.15. The fourth-order valence-electron chi connectivity index (χ4n) is 2.18. The van der Waals surface area contributed by atoms with E-state index in [4.69, 9.17) is 4.52 Å². The number of nitrogens with one attached hydrogen (secondary N) is 1. The molecular weight excluding hydrogens is 232 g/mol. The standard InChI is InChI=1S/C13H12N2O3/c1-7-10(6-16)13(15-18-7)8-2-3-11-9(4-8)5-12(17)14-11/h2-4,16H,5-6H2,1H3,(H,14,17). The molecule has 2 N–H and O–H groups in total. The van der Waals surface area contributed by atoms with Gasteiger partial charge in [0.05, 0.1) is 13.0 Å². The van der Waals surface area contributed by atoms with E-state index in [0.717, 1.165) is 16.8 Å². The van der Waals surface area contributed by atoms with Crippen molar-refractivity contribution in [3.05, 3.63) is 35.1 Å². The number of aliphatic hydroxyl groups excluding tert-OH is 1. The number of hydrogen-bond donors (Lipinski definition) is 2. The number of amides is 1. The maximum absolute atomic E-state index is 11.3. The molecule has 3 rings (SSSR count). The van der Waals surface area contributed by atoms with E-state index in [-0.39, 0.29) is 12.5 Å². The zero-order chi connectivity index (χ0) is 12.7. The summed E-state index contributed by atoms with van der Waals surface area (Å²) in [4.78, 5) is 11.3. The molecule has 0 saturated carbocycles. The van der Waals surface area contributed by atoms with Crippen molar-refractivity contribution in [3.8, 4) is 11.3 Å². The van der Waals surface area contributed by atoms with Gasteiger partial charge in [-0.25, -0.2) is 0 Å². The largest absolute Gasteiger partial charge is 0.391 e. The van der Waals surface area contributed by atoms with Crippen molar-refractivity contribution in [2.45, 2.75) is 20.0 Å². The Kier molecular flexibility index (Phi) is 2.41. The minimum atomic E-state index is -0.112. The lowest BCUT2D eigenvalue weighted by molar-refractivity contribution is -0.115. The molecule has 2 heterocycles. The first-order valence-corrected chi connectivity index (χ1v) is 5.68. The highest BCUT2D eigenvalue weighted by Crippen LogP contribution is 2.31. The summed E-state index contributed by atoms with van der Waals surface area (Å²) < 4.78 is 5.09. The summed E-state index contributed by atoms with van der Waals surface area (Å²) in [5.74, 6) is 0.614. The predicted molar refractivity (Wildman–Crippen MR) is 64.9 cm³/mol. The molecule has 1 aromatic carbocycles. The Hall–Kier alpha value is -2.14. The molecule has 1 aliphatic heterocycles. The minimum Gasteiger partial charge on any atom is -0.391 e. The fraction of sp³-hybridized carbons (Fsp3) is 0.231. The fourth-order valence-corrected chi connectivity index (χ4v) is 2.18. The number of hydrogen-bond acceptors (Lipinski definition) is 4. The molecule has 0 unspecified atom stereocenters. The zero-order valence-corrected chi connectivity index (χ0v) is 9.86. The molecule has 1 aromatic heterocycles. The Balaban J connectivity index is 2.08. The molecule has 0 saturated heterocycles. The van der Waals surface area contributed by atoms with Gasteiger partial charge < -0.3 is 14.9 Å². The van der Waals surface area contributed by atoms with Gasteiger partial charge in [0.25, 0.3) is 0 Å². The molecule has 0 fully saturated rings. The first-order chi connectivity index (χ1) is 8.69. The summed E-state index contributed by atoms with van der Waals surface area (Å²) in [6.45, 7) is 1.65. The third kappa shape index (κ3) is 1.60. The molecule has 0 radical (unpaired) electrons. The highest BCUT2D eigenvalue weighted by atomic mass is 16.5. The molecule has 92 valence electrons. The average Bonchev–Trinajstić information content (AvgIpc) is 2.89. The van der Waals surface area contributed by atoms with Crippen LogP contribution in [0.5, 0.6) is 0 Å². The highest BCUT2D eigenvalue weighted by molar-refractivity contribution is 5.99. The second-order valence-corrected chi connectivity index (χ2v) is 4.32. The first kappa shape index (κ1) is 11.0. The smallest absolute Gasteiger partial charge is 0.228 e. The molecule has 1 aliphatic rings. The Morgan fingerprint density at radius 2 is 2.33 bits per heavy atom. The van der Waals surface area contributed by atoms with Crippen LogP contribution < -0.4 is 5.32 Å². The van der Waals surface area contributed by atoms with Crippen molar-refractivity contribution in [2.24, 2.45) is 0 Å². The van der Waals surface area contributed by atoms with E-state index >= 15 is 0 Å². The van der Waals surface area contributed by atoms with Crippen LogP contribution in [0.25, 0.3) is 11.3 Å². The van der Waals surface area contributed by atoms with Crippen LogP contribution in [0.4, 0.5) is 5.69 Å². The number of rotatable bonds is 2. The summed E-state index contributed by atoms with van der Waals surface area (Å²) in [5.41, 5.74) is 3.96. The van der Waals surface area contributed by atoms with Crippen molar-refractivity contribution < 1.29 is 14.4 Å². The molecule has 5 nitrogen and oxygen atoms in total. The Bertz CT molecular complexity index is 631. The van der Waals surface area contributed by atoms with Crippen LogP contribution in [0.1, 0.15) is 16.9 Å². The lowest BCUT2D eigenvalue weighted by atomic mass is 10.0. The van der Waals surface area contributed by atoms with Gasteiger partial charge in [0.2, 0.25) is 5.91 Å². The van der Waals surface area contributed by atoms with Crippen LogP contribution in [-0.2, 0) is 17.8 Å². The highest BCUT2D eigenvalue weighted by Gasteiger charge is 2.20. The van der Waals surface area contributed by atoms with Gasteiger partial charge in [-0.1, -0.05) is 11.2 Å². The lowest BCUT2D eigenvalue weighted by Gasteiger charge is -2.02. The third-order valence-corrected chi connectivity index (χ3v) is 3.15. The summed E-state index contributed by atoms with van der Waals surface area (Å²) >= 11 is 0. The monoisotopic (exact) mass is 244 g/mol. The van der Waals surface area contributed by atoms with Crippen molar-refractivity contribution in [1.29, 1.82) is 0 Å². The van der Waals surface area contributed by atoms with Crippen molar-refractivity contribution in [3.63, 3.8) is 0 Å². The van der Waals surface area contributed by atoms with Crippen LogP contribution in [0.3, 0.4) is 0 Å². The number of aryl methyl sites for hydroxylation is 1. The van der Waals surface area contributed by atoms with Gasteiger partial charge in [0.1, 0.15) is 11.5 Å². The summed E-state index contributed by atoms with van der Waals surface area (Å²) in [7, 11) is 0. The summed E-state index contributed by atoms with van der Waals surface area (Å²) in [5, 5.41) is 16.1. The predicted octanol–water partition coefficient (Wildman–Crippen LogP) is 1.64. The average molecular weight is 244 g/mol. The number of carbonyl (C=O) groups is 1. The van der Waals surface area contributed by atoms with Crippen molar-refractivity contribution in [2.75, 3.05) is 5.32 Å². The Morgan fingerprint density at radius 3 is 3.11 bits per heavy atom. The van der Waals surface area contributed by atoms with Crippen LogP contribution in [0.2, 0.25) is 0 Å². The van der Waals surface area contributed by atoms with Gasteiger partial charge in [-0.3, -0.25) is 4.79 Å². The molecule has 0 aliphatic carbocycles. The van der Waals surface area contributed by atoms with Gasteiger partial charge in [-0.2, -0.15) is 0 Å². The minimum absolute atomic E-state index is 0.000801. The molecule has 2 aromatic rings. The Labute approximate surface area is 103 Å². The van der Waals surface area contributed by atoms with Gasteiger partial charge in [-0.05, 0) is 24.6 Å². The van der Waals surface area contributed by atoms with Crippen LogP contribution in [-0.4, -0.2) is 16.2 Å². The molecule has 5 heteroatoms. The SMILES string of the molecule is Cc1onc(-c2ccc3c(c2)CC(=O)N3)c1CO. The maximum atomic E-state index is 11.3. The normalized spacial score (nSPS) is 13.6. The van der Waals surface area contributed by atoms with E-state index in [1.165, 1.54) is 0 Å². The zero-order valence-electron chi connectivity index (χ0n) is 9.86. The van der Waals surface area contributed by atoms with E-state index in [9.17, 15) is 9.90 Å². The number of fused-ring (bicyclic) bond motifs is 1. The topological polar surface area (TPSA) is 75.4 Å². The molecule has 1 amide bonds. The number of carbonyl (C=O) groups excluding carboxylic acids is 1. The lowest BCUT2D eigenvalue weighted by Crippen LogP contribution is -2.03. The van der Waals surface area contributed by atoms with Crippen LogP contribution >= 0.6 is 0 Å². The van der Waals surface area contributed by atoms with Gasteiger partial charge in [-0.15, -0.1) is 0 Å². The van der Waals surface area contributed by atoms with E-state index in [1.54, 1.807) is 6.92 Å². The maximum Gasteiger partial charge on any atom is 0.228 e. The number of nitrogens with zero attached hydrogens (tertiary/aromatic N) is 1.